The highest BCUT2D eigenvalue weighted by atomic mass is 79.9. The van der Waals surface area contributed by atoms with Crippen LogP contribution in [0.4, 0.5) is 0 Å². The fourth-order valence-electron chi connectivity index (χ4n) is 3.53. The van der Waals surface area contributed by atoms with Gasteiger partial charge in [-0.25, -0.2) is 0 Å². The normalized spacial score (nSPS) is 15.2. The zero-order valence-corrected chi connectivity index (χ0v) is 18.0. The predicted octanol–water partition coefficient (Wildman–Crippen LogP) is 3.99. The fourth-order valence-corrected chi connectivity index (χ4v) is 3.79. The number of carbonyl (C=O) groups excluding carboxylic acids is 1. The van der Waals surface area contributed by atoms with Crippen LogP contribution in [-0.2, 0) is 17.9 Å². The largest absolute Gasteiger partial charge is 0.493 e. The summed E-state index contributed by atoms with van der Waals surface area (Å²) in [5, 5.41) is 3.07. The zero-order chi connectivity index (χ0) is 19.9. The molecule has 1 heterocycles. The van der Waals surface area contributed by atoms with E-state index in [-0.39, 0.29) is 11.8 Å². The third kappa shape index (κ3) is 5.49. The zero-order valence-electron chi connectivity index (χ0n) is 16.4. The van der Waals surface area contributed by atoms with Gasteiger partial charge in [0.25, 0.3) is 0 Å². The number of rotatable bonds is 7. The second-order valence-electron chi connectivity index (χ2n) is 7.08. The van der Waals surface area contributed by atoms with Gasteiger partial charge in [-0.15, -0.1) is 0 Å². The quantitative estimate of drug-likeness (QED) is 0.698. The number of hydrogen-bond donors (Lipinski definition) is 1. The molecule has 3 rings (SSSR count). The van der Waals surface area contributed by atoms with E-state index in [1.165, 1.54) is 5.56 Å². The highest BCUT2D eigenvalue weighted by Gasteiger charge is 2.24. The smallest absolute Gasteiger partial charge is 0.223 e. The Morgan fingerprint density at radius 2 is 1.68 bits per heavy atom. The number of ether oxygens (including phenoxy) is 2. The van der Waals surface area contributed by atoms with E-state index in [0.717, 1.165) is 42.5 Å². The molecule has 1 saturated heterocycles. The molecule has 1 aliphatic rings. The second kappa shape index (κ2) is 9.94. The molecular formula is C22H27BrN2O3. The van der Waals surface area contributed by atoms with E-state index in [1.54, 1.807) is 14.2 Å². The average molecular weight is 447 g/mol. The number of halogens is 1. The fraction of sp³-hybridized carbons (Fsp3) is 0.409. The summed E-state index contributed by atoms with van der Waals surface area (Å²) in [5.41, 5.74) is 2.30. The van der Waals surface area contributed by atoms with Gasteiger partial charge in [-0.1, -0.05) is 34.1 Å². The molecule has 28 heavy (non-hydrogen) atoms. The van der Waals surface area contributed by atoms with Gasteiger partial charge in [0.2, 0.25) is 5.91 Å². The third-order valence-corrected chi connectivity index (χ3v) is 5.72. The Morgan fingerprint density at radius 1 is 1.04 bits per heavy atom. The standard InChI is InChI=1S/C22H27BrN2O3/c1-27-20-8-5-17(13-21(20)28-2)14-24-22(26)18-9-11-25(12-10-18)15-16-3-6-19(23)7-4-16/h3-8,13,18H,9-12,14-15H2,1-2H3,(H,24,26). The monoisotopic (exact) mass is 446 g/mol. The van der Waals surface area contributed by atoms with Crippen molar-refractivity contribution in [2.24, 2.45) is 5.92 Å². The molecule has 0 unspecified atom stereocenters. The van der Waals surface area contributed by atoms with Crippen LogP contribution in [0.2, 0.25) is 0 Å². The summed E-state index contributed by atoms with van der Waals surface area (Å²) in [4.78, 5) is 15.0. The minimum Gasteiger partial charge on any atom is -0.493 e. The molecule has 0 bridgehead atoms. The van der Waals surface area contributed by atoms with Gasteiger partial charge in [-0.3, -0.25) is 9.69 Å². The molecule has 2 aromatic rings. The van der Waals surface area contributed by atoms with Crippen molar-refractivity contribution in [3.63, 3.8) is 0 Å². The van der Waals surface area contributed by atoms with Gasteiger partial charge in [0.15, 0.2) is 11.5 Å². The SMILES string of the molecule is COc1ccc(CNC(=O)C2CCN(Cc3ccc(Br)cc3)CC2)cc1OC. The molecule has 1 amide bonds. The first-order valence-electron chi connectivity index (χ1n) is 9.54. The predicted molar refractivity (Wildman–Crippen MR) is 114 cm³/mol. The van der Waals surface area contributed by atoms with Gasteiger partial charge in [-0.2, -0.15) is 0 Å². The molecule has 0 saturated carbocycles. The number of hydrogen-bond acceptors (Lipinski definition) is 4. The van der Waals surface area contributed by atoms with E-state index in [2.05, 4.69) is 50.4 Å². The summed E-state index contributed by atoms with van der Waals surface area (Å²) in [5.74, 6) is 1.59. The van der Waals surface area contributed by atoms with Gasteiger partial charge in [0.05, 0.1) is 14.2 Å². The highest BCUT2D eigenvalue weighted by Crippen LogP contribution is 2.27. The molecule has 0 aromatic heterocycles. The lowest BCUT2D eigenvalue weighted by Gasteiger charge is -2.31. The maximum atomic E-state index is 12.6. The van der Waals surface area contributed by atoms with E-state index < -0.39 is 0 Å². The molecule has 2 aromatic carbocycles. The molecule has 0 atom stereocenters. The Labute approximate surface area is 175 Å². The maximum Gasteiger partial charge on any atom is 0.223 e. The van der Waals surface area contributed by atoms with E-state index in [1.807, 2.05) is 18.2 Å². The number of methoxy groups -OCH3 is 2. The lowest BCUT2D eigenvalue weighted by atomic mass is 9.95. The molecule has 0 radical (unpaired) electrons. The van der Waals surface area contributed by atoms with E-state index in [9.17, 15) is 4.79 Å². The van der Waals surface area contributed by atoms with Crippen molar-refractivity contribution < 1.29 is 14.3 Å². The molecule has 5 nitrogen and oxygen atoms in total. The number of benzene rings is 2. The van der Waals surface area contributed by atoms with Crippen molar-refractivity contribution in [2.75, 3.05) is 27.3 Å². The van der Waals surface area contributed by atoms with Crippen LogP contribution >= 0.6 is 15.9 Å². The van der Waals surface area contributed by atoms with E-state index in [4.69, 9.17) is 9.47 Å². The van der Waals surface area contributed by atoms with Crippen molar-refractivity contribution in [2.45, 2.75) is 25.9 Å². The molecule has 0 spiro atoms. The Kier molecular flexibility index (Phi) is 7.34. The molecule has 150 valence electrons. The Hall–Kier alpha value is -2.05. The van der Waals surface area contributed by atoms with Crippen LogP contribution in [0.1, 0.15) is 24.0 Å². The van der Waals surface area contributed by atoms with Gasteiger partial charge in [0, 0.05) is 23.5 Å². The highest BCUT2D eigenvalue weighted by molar-refractivity contribution is 9.10. The lowest BCUT2D eigenvalue weighted by Crippen LogP contribution is -2.40. The van der Waals surface area contributed by atoms with Crippen LogP contribution in [0.15, 0.2) is 46.9 Å². The summed E-state index contributed by atoms with van der Waals surface area (Å²) in [7, 11) is 3.23. The summed E-state index contributed by atoms with van der Waals surface area (Å²) in [6, 6.07) is 14.1. The van der Waals surface area contributed by atoms with Crippen LogP contribution in [0, 0.1) is 5.92 Å². The Bertz CT molecular complexity index is 787. The first kappa shape index (κ1) is 20.7. The number of nitrogens with one attached hydrogen (secondary N) is 1. The summed E-state index contributed by atoms with van der Waals surface area (Å²) >= 11 is 3.47. The van der Waals surface area contributed by atoms with Crippen molar-refractivity contribution in [1.29, 1.82) is 0 Å². The van der Waals surface area contributed by atoms with Crippen LogP contribution in [0.3, 0.4) is 0 Å². The third-order valence-electron chi connectivity index (χ3n) is 5.19. The number of amides is 1. The van der Waals surface area contributed by atoms with Crippen LogP contribution in [-0.4, -0.2) is 38.1 Å². The second-order valence-corrected chi connectivity index (χ2v) is 8.00. The average Bonchev–Trinajstić information content (AvgIpc) is 2.74. The molecule has 1 aliphatic heterocycles. The van der Waals surface area contributed by atoms with Crippen LogP contribution < -0.4 is 14.8 Å². The van der Waals surface area contributed by atoms with Gasteiger partial charge in [0.1, 0.15) is 0 Å². The molecular weight excluding hydrogens is 420 g/mol. The van der Waals surface area contributed by atoms with E-state index in [0.29, 0.717) is 18.0 Å². The molecule has 0 aliphatic carbocycles. The maximum absolute atomic E-state index is 12.6. The number of carbonyl (C=O) groups is 1. The summed E-state index contributed by atoms with van der Waals surface area (Å²) < 4.78 is 11.7. The number of likely N-dealkylation sites (tertiary alicyclic amines) is 1. The van der Waals surface area contributed by atoms with Crippen LogP contribution in [0.5, 0.6) is 11.5 Å². The molecule has 1 N–H and O–H groups in total. The molecule has 6 heteroatoms. The Morgan fingerprint density at radius 3 is 2.32 bits per heavy atom. The minimum atomic E-state index is 0.0845. The molecule has 1 fully saturated rings. The van der Waals surface area contributed by atoms with Crippen molar-refractivity contribution in [3.05, 3.63) is 58.1 Å². The minimum absolute atomic E-state index is 0.0845. The van der Waals surface area contributed by atoms with E-state index >= 15 is 0 Å². The lowest BCUT2D eigenvalue weighted by molar-refractivity contribution is -0.126. The van der Waals surface area contributed by atoms with Gasteiger partial charge in [-0.05, 0) is 61.3 Å². The van der Waals surface area contributed by atoms with Crippen molar-refractivity contribution in [3.8, 4) is 11.5 Å². The number of piperidine rings is 1. The number of nitrogens with zero attached hydrogens (tertiary/aromatic N) is 1. The summed E-state index contributed by atoms with van der Waals surface area (Å²) in [6.45, 7) is 3.33. The van der Waals surface area contributed by atoms with Gasteiger partial charge < -0.3 is 14.8 Å². The van der Waals surface area contributed by atoms with Crippen molar-refractivity contribution >= 4 is 21.8 Å². The van der Waals surface area contributed by atoms with Gasteiger partial charge >= 0.3 is 0 Å². The topological polar surface area (TPSA) is 50.8 Å². The first-order valence-corrected chi connectivity index (χ1v) is 10.3. The summed E-state index contributed by atoms with van der Waals surface area (Å²) in [6.07, 6.45) is 1.79. The van der Waals surface area contributed by atoms with Crippen molar-refractivity contribution in [1.82, 2.24) is 10.2 Å². The Balaban J connectivity index is 1.45. The first-order chi connectivity index (χ1) is 13.6. The van der Waals surface area contributed by atoms with Crippen LogP contribution in [0.25, 0.3) is 0 Å².